The van der Waals surface area contributed by atoms with Crippen LogP contribution in [-0.2, 0) is 11.4 Å². The minimum absolute atomic E-state index is 0.0962. The zero-order valence-electron chi connectivity index (χ0n) is 23.9. The first-order chi connectivity index (χ1) is 20.6. The predicted octanol–water partition coefficient (Wildman–Crippen LogP) is 7.15. The maximum atomic E-state index is 16.2. The van der Waals surface area contributed by atoms with Crippen LogP contribution in [0.3, 0.4) is 0 Å². The molecule has 0 aromatic heterocycles. The molecule has 4 aromatic carbocycles. The number of nitrogens with one attached hydrogen (secondary N) is 1. The fraction of sp³-hybridized carbons (Fsp3) is 0.200. The number of hydrogen-bond donors (Lipinski definition) is 3. The van der Waals surface area contributed by atoms with Crippen molar-refractivity contribution in [3.05, 3.63) is 125 Å². The van der Waals surface area contributed by atoms with Crippen molar-refractivity contribution < 1.29 is 23.8 Å². The Hall–Kier alpha value is -5.11. The van der Waals surface area contributed by atoms with Crippen molar-refractivity contribution in [2.45, 2.75) is 39.3 Å². The van der Waals surface area contributed by atoms with Gasteiger partial charge in [-0.15, -0.1) is 0 Å². The van der Waals surface area contributed by atoms with Crippen molar-refractivity contribution in [2.24, 2.45) is 5.41 Å². The van der Waals surface area contributed by atoms with Gasteiger partial charge in [-0.3, -0.25) is 14.5 Å². The van der Waals surface area contributed by atoms with Gasteiger partial charge in [-0.1, -0.05) is 50.2 Å². The van der Waals surface area contributed by atoms with Crippen molar-refractivity contribution in [3.8, 4) is 11.5 Å². The van der Waals surface area contributed by atoms with Gasteiger partial charge in [0.1, 0.15) is 29.6 Å². The Morgan fingerprint density at radius 3 is 2.49 bits per heavy atom. The van der Waals surface area contributed by atoms with Crippen molar-refractivity contribution >= 4 is 28.8 Å². The van der Waals surface area contributed by atoms with Crippen molar-refractivity contribution in [1.82, 2.24) is 0 Å². The number of fused-ring (bicyclic) bond motifs is 1. The molecule has 1 aliphatic heterocycles. The number of halogens is 1. The Kier molecular flexibility index (Phi) is 7.13. The molecule has 218 valence electrons. The number of phenols is 1. The molecule has 0 fully saturated rings. The first kappa shape index (κ1) is 28.0. The molecule has 7 nitrogen and oxygen atoms in total. The summed E-state index contributed by atoms with van der Waals surface area (Å²) < 4.78 is 22.1. The molecule has 0 bridgehead atoms. The van der Waals surface area contributed by atoms with Crippen LogP contribution in [0.1, 0.15) is 54.2 Å². The molecule has 2 aliphatic rings. The van der Waals surface area contributed by atoms with Crippen LogP contribution in [0, 0.1) is 11.2 Å². The molecule has 1 amide bonds. The van der Waals surface area contributed by atoms with E-state index >= 15 is 4.39 Å². The van der Waals surface area contributed by atoms with Gasteiger partial charge in [-0.2, -0.15) is 0 Å². The Morgan fingerprint density at radius 1 is 1.02 bits per heavy atom. The summed E-state index contributed by atoms with van der Waals surface area (Å²) in [5.74, 6) is -1.08. The van der Waals surface area contributed by atoms with Crippen LogP contribution in [0.25, 0.3) is 0 Å². The number of allylic oxidation sites excluding steroid dienone is 1. The minimum atomic E-state index is -1.12. The third-order valence-corrected chi connectivity index (χ3v) is 7.90. The number of phenolic OH excluding ortho intramolecular Hbond substituents is 1. The van der Waals surface area contributed by atoms with E-state index in [2.05, 4.69) is 5.32 Å². The van der Waals surface area contributed by atoms with Gasteiger partial charge in [0.15, 0.2) is 5.78 Å². The van der Waals surface area contributed by atoms with E-state index in [9.17, 15) is 14.7 Å². The fourth-order valence-electron chi connectivity index (χ4n) is 5.89. The van der Waals surface area contributed by atoms with Crippen molar-refractivity contribution in [2.75, 3.05) is 16.0 Å². The number of para-hydroxylation sites is 1. The van der Waals surface area contributed by atoms with E-state index in [1.807, 2.05) is 44.2 Å². The number of amides is 1. The number of Topliss-reactive ketones (excluding diaryl/α,β-unsaturated/α-hetero) is 1. The maximum absolute atomic E-state index is 16.2. The van der Waals surface area contributed by atoms with E-state index in [1.165, 1.54) is 17.0 Å². The van der Waals surface area contributed by atoms with Gasteiger partial charge in [0, 0.05) is 40.6 Å². The van der Waals surface area contributed by atoms with Crippen LogP contribution in [0.15, 0.2) is 102 Å². The highest BCUT2D eigenvalue weighted by molar-refractivity contribution is 6.12. The topological polar surface area (TPSA) is 105 Å². The highest BCUT2D eigenvalue weighted by Gasteiger charge is 2.44. The highest BCUT2D eigenvalue weighted by atomic mass is 19.1. The first-order valence-electron chi connectivity index (χ1n) is 14.1. The van der Waals surface area contributed by atoms with Crippen molar-refractivity contribution in [3.63, 3.8) is 0 Å². The number of aromatic hydroxyl groups is 1. The maximum Gasteiger partial charge on any atom is 0.259 e. The zero-order chi connectivity index (χ0) is 30.3. The number of ether oxygens (including phenoxy) is 1. The Balaban J connectivity index is 1.52. The summed E-state index contributed by atoms with van der Waals surface area (Å²) in [6.45, 7) is 4.22. The Bertz CT molecular complexity index is 1750. The van der Waals surface area contributed by atoms with E-state index in [-0.39, 0.29) is 46.8 Å². The third-order valence-electron chi connectivity index (χ3n) is 7.90. The van der Waals surface area contributed by atoms with Crippen LogP contribution in [0.4, 0.5) is 21.5 Å². The lowest BCUT2D eigenvalue weighted by Gasteiger charge is -2.37. The zero-order valence-corrected chi connectivity index (χ0v) is 23.9. The molecule has 4 aromatic rings. The molecule has 0 radical (unpaired) electrons. The third kappa shape index (κ3) is 5.44. The lowest BCUT2D eigenvalue weighted by atomic mass is 9.73. The van der Waals surface area contributed by atoms with Gasteiger partial charge in [-0.05, 0) is 65.9 Å². The minimum Gasteiger partial charge on any atom is -0.506 e. The molecular weight excluding hydrogens is 545 g/mol. The summed E-state index contributed by atoms with van der Waals surface area (Å²) in [5, 5.41) is 14.2. The molecule has 0 unspecified atom stereocenters. The first-order valence-corrected chi connectivity index (χ1v) is 14.1. The number of nitrogen functional groups attached to an aromatic ring is 1. The average molecular weight is 578 g/mol. The number of ketones is 1. The van der Waals surface area contributed by atoms with E-state index < -0.39 is 17.8 Å². The summed E-state index contributed by atoms with van der Waals surface area (Å²) in [5.41, 5.74) is 8.77. The number of benzene rings is 4. The lowest BCUT2D eigenvalue weighted by Crippen LogP contribution is -2.40. The molecule has 1 heterocycles. The van der Waals surface area contributed by atoms with E-state index in [1.54, 1.807) is 48.5 Å². The van der Waals surface area contributed by atoms with E-state index in [4.69, 9.17) is 10.5 Å². The van der Waals surface area contributed by atoms with Crippen LogP contribution in [0.5, 0.6) is 11.5 Å². The summed E-state index contributed by atoms with van der Waals surface area (Å²) in [4.78, 5) is 29.7. The molecule has 0 spiro atoms. The molecular formula is C35H32FN3O4. The molecule has 6 rings (SSSR count). The monoisotopic (exact) mass is 577 g/mol. The standard InChI is InChI=1S/C35H32FN3O4/c1-35(2)18-27-31(30(41)19-35)33(25-16-15-24(17-26(25)36)43-20-21-7-4-3-5-8-21)39(28-9-6-10-29(40)32(28)38-27)34(42)22-11-13-23(37)14-12-22/h3-17,33,38,40H,18-20,37H2,1-2H3/t33-/m0/s1. The molecule has 1 aliphatic carbocycles. The number of rotatable bonds is 5. The smallest absolute Gasteiger partial charge is 0.259 e. The average Bonchev–Trinajstić information content (AvgIpc) is 3.11. The highest BCUT2D eigenvalue weighted by Crippen LogP contribution is 2.51. The fourth-order valence-corrected chi connectivity index (χ4v) is 5.89. The number of anilines is 3. The van der Waals surface area contributed by atoms with Crippen LogP contribution in [0.2, 0.25) is 0 Å². The van der Waals surface area contributed by atoms with Gasteiger partial charge in [-0.25, -0.2) is 4.39 Å². The van der Waals surface area contributed by atoms with Crippen LogP contribution in [-0.4, -0.2) is 16.8 Å². The molecule has 0 saturated carbocycles. The molecule has 4 N–H and O–H groups in total. The summed E-state index contributed by atoms with van der Waals surface area (Å²) in [6, 6.07) is 24.1. The van der Waals surface area contributed by atoms with Gasteiger partial charge >= 0.3 is 0 Å². The molecule has 8 heteroatoms. The number of carbonyl (C=O) groups excluding carboxylic acids is 2. The SMILES string of the molecule is CC1(C)CC(=O)C2=C(C1)Nc1c(O)cccc1N(C(=O)c1ccc(N)cc1)[C@H]2c1ccc(OCc2ccccc2)cc1F. The summed E-state index contributed by atoms with van der Waals surface area (Å²) in [7, 11) is 0. The Labute approximate surface area is 249 Å². The van der Waals surface area contributed by atoms with E-state index in [0.717, 1.165) is 5.56 Å². The van der Waals surface area contributed by atoms with Crippen LogP contribution >= 0.6 is 0 Å². The second-order valence-corrected chi connectivity index (χ2v) is 11.8. The number of nitrogens with two attached hydrogens (primary N) is 1. The van der Waals surface area contributed by atoms with Gasteiger partial charge in [0.05, 0.1) is 11.7 Å². The summed E-state index contributed by atoms with van der Waals surface area (Å²) in [6.07, 6.45) is 0.679. The second kappa shape index (κ2) is 10.9. The van der Waals surface area contributed by atoms with Crippen LogP contribution < -0.4 is 20.7 Å². The van der Waals surface area contributed by atoms with Gasteiger partial charge in [0.2, 0.25) is 0 Å². The quantitative estimate of drug-likeness (QED) is 0.172. The summed E-state index contributed by atoms with van der Waals surface area (Å²) >= 11 is 0. The Morgan fingerprint density at radius 2 is 1.77 bits per heavy atom. The number of hydrogen-bond acceptors (Lipinski definition) is 6. The van der Waals surface area contributed by atoms with Gasteiger partial charge < -0.3 is 20.9 Å². The molecule has 1 atom stereocenters. The largest absolute Gasteiger partial charge is 0.506 e. The predicted molar refractivity (Wildman–Crippen MR) is 164 cm³/mol. The molecule has 0 saturated heterocycles. The van der Waals surface area contributed by atoms with Gasteiger partial charge in [0.25, 0.3) is 5.91 Å². The number of nitrogens with zero attached hydrogens (tertiary/aromatic N) is 1. The number of carbonyl (C=O) groups is 2. The lowest BCUT2D eigenvalue weighted by molar-refractivity contribution is -0.118. The van der Waals surface area contributed by atoms with E-state index in [0.29, 0.717) is 34.8 Å². The molecule has 43 heavy (non-hydrogen) atoms. The second-order valence-electron chi connectivity index (χ2n) is 11.8. The normalized spacial score (nSPS) is 17.4. The van der Waals surface area contributed by atoms with Crippen molar-refractivity contribution in [1.29, 1.82) is 0 Å².